The van der Waals surface area contributed by atoms with E-state index in [0.29, 0.717) is 5.56 Å². The van der Waals surface area contributed by atoms with Crippen molar-refractivity contribution in [2.45, 2.75) is 35.6 Å². The van der Waals surface area contributed by atoms with Gasteiger partial charge in [-0.2, -0.15) is 4.31 Å². The summed E-state index contributed by atoms with van der Waals surface area (Å²) in [7, 11) is -6.90. The number of hydrogen-bond acceptors (Lipinski definition) is 8. The van der Waals surface area contributed by atoms with Crippen molar-refractivity contribution in [2.24, 2.45) is 5.14 Å². The molecule has 2 amide bonds. The Labute approximate surface area is 232 Å². The number of benzene rings is 3. The van der Waals surface area contributed by atoms with Crippen LogP contribution in [0.2, 0.25) is 0 Å². The second-order valence-corrected chi connectivity index (χ2v) is 12.6. The number of nitrogens with two attached hydrogens (primary N) is 1. The summed E-state index contributed by atoms with van der Waals surface area (Å²) in [6, 6.07) is 16.1. The molecule has 1 saturated heterocycles. The van der Waals surface area contributed by atoms with Crippen molar-refractivity contribution in [1.29, 1.82) is 0 Å². The molecule has 1 aliphatic heterocycles. The van der Waals surface area contributed by atoms with E-state index in [-0.39, 0.29) is 40.4 Å². The normalized spacial score (nSPS) is 16.0. The number of hydrogen-bond donors (Lipinski definition) is 1. The monoisotopic (exact) mass is 585 g/mol. The third-order valence-corrected chi connectivity index (χ3v) is 9.37. The molecule has 0 aromatic heterocycles. The molecule has 1 unspecified atom stereocenters. The molecule has 0 bridgehead atoms. The molecule has 1 heterocycles. The average Bonchev–Trinajstić information content (AvgIpc) is 3.21. The largest absolute Gasteiger partial charge is 0.465 e. The molecular formula is C27H27N3O8S2. The van der Waals surface area contributed by atoms with Gasteiger partial charge in [0.05, 0.1) is 34.6 Å². The molecule has 0 aliphatic carbocycles. The first-order chi connectivity index (χ1) is 18.8. The standard InChI is InChI=1S/C27H27N3O8S2/c1-18-3-11-23(12-4-18)40(36,37)29(16-15-19-5-13-22(14-6-19)39(28,34)35)24-17-25(31)30(26(24)32)21-9-7-20(8-10-21)27(33)38-2/h3-14,24H,15-17H2,1-2H3,(H2,28,34,35). The van der Waals surface area contributed by atoms with Crippen molar-refractivity contribution in [3.05, 3.63) is 89.5 Å². The van der Waals surface area contributed by atoms with E-state index in [2.05, 4.69) is 4.74 Å². The number of sulfonamides is 2. The zero-order valence-corrected chi connectivity index (χ0v) is 23.3. The lowest BCUT2D eigenvalue weighted by atomic mass is 10.1. The van der Waals surface area contributed by atoms with Gasteiger partial charge in [-0.3, -0.25) is 9.59 Å². The third-order valence-electron chi connectivity index (χ3n) is 6.52. The van der Waals surface area contributed by atoms with Gasteiger partial charge in [0.2, 0.25) is 26.0 Å². The lowest BCUT2D eigenvalue weighted by molar-refractivity contribution is -0.122. The van der Waals surface area contributed by atoms with E-state index in [1.807, 2.05) is 6.92 Å². The Morgan fingerprint density at radius 2 is 1.50 bits per heavy atom. The van der Waals surface area contributed by atoms with Crippen LogP contribution in [0.3, 0.4) is 0 Å². The van der Waals surface area contributed by atoms with Crippen molar-refractivity contribution in [3.63, 3.8) is 0 Å². The fourth-order valence-corrected chi connectivity index (χ4v) is 6.45. The zero-order valence-electron chi connectivity index (χ0n) is 21.7. The van der Waals surface area contributed by atoms with Gasteiger partial charge in [-0.25, -0.2) is 31.7 Å². The summed E-state index contributed by atoms with van der Waals surface area (Å²) in [5, 5.41) is 5.15. The van der Waals surface area contributed by atoms with Gasteiger partial charge < -0.3 is 4.74 Å². The molecular weight excluding hydrogens is 558 g/mol. The van der Waals surface area contributed by atoms with E-state index < -0.39 is 43.9 Å². The van der Waals surface area contributed by atoms with Crippen LogP contribution < -0.4 is 10.0 Å². The highest BCUT2D eigenvalue weighted by Crippen LogP contribution is 2.30. The van der Waals surface area contributed by atoms with Gasteiger partial charge in [0.25, 0.3) is 5.91 Å². The van der Waals surface area contributed by atoms with Crippen molar-refractivity contribution >= 4 is 43.5 Å². The average molecular weight is 586 g/mol. The van der Waals surface area contributed by atoms with Gasteiger partial charge in [-0.1, -0.05) is 29.8 Å². The number of anilines is 1. The Kier molecular flexibility index (Phi) is 8.21. The van der Waals surface area contributed by atoms with Crippen molar-refractivity contribution in [3.8, 4) is 0 Å². The van der Waals surface area contributed by atoms with Gasteiger partial charge in [0.1, 0.15) is 6.04 Å². The molecule has 2 N–H and O–H groups in total. The molecule has 210 valence electrons. The lowest BCUT2D eigenvalue weighted by Gasteiger charge is -2.27. The molecule has 4 rings (SSSR count). The number of carbonyl (C=O) groups is 3. The zero-order chi connectivity index (χ0) is 29.2. The summed E-state index contributed by atoms with van der Waals surface area (Å²) < 4.78 is 56.4. The van der Waals surface area contributed by atoms with Gasteiger partial charge in [0, 0.05) is 6.54 Å². The van der Waals surface area contributed by atoms with Crippen LogP contribution in [0.5, 0.6) is 0 Å². The molecule has 3 aromatic rings. The topological polar surface area (TPSA) is 161 Å². The molecule has 3 aromatic carbocycles. The summed E-state index contributed by atoms with van der Waals surface area (Å²) >= 11 is 0. The van der Waals surface area contributed by atoms with Crippen LogP contribution in [0, 0.1) is 6.92 Å². The fourth-order valence-electron chi connectivity index (χ4n) is 4.35. The predicted molar refractivity (Wildman–Crippen MR) is 145 cm³/mol. The molecule has 13 heteroatoms. The minimum atomic E-state index is -4.23. The summed E-state index contributed by atoms with van der Waals surface area (Å²) in [6.45, 7) is 1.64. The highest BCUT2D eigenvalue weighted by atomic mass is 32.2. The number of amides is 2. The third kappa shape index (κ3) is 5.97. The van der Waals surface area contributed by atoms with Crippen LogP contribution in [-0.2, 0) is 40.8 Å². The summed E-state index contributed by atoms with van der Waals surface area (Å²) in [4.78, 5) is 39.1. The van der Waals surface area contributed by atoms with Crippen molar-refractivity contribution in [2.75, 3.05) is 18.6 Å². The van der Waals surface area contributed by atoms with Crippen LogP contribution >= 0.6 is 0 Å². The first kappa shape index (κ1) is 29.1. The Bertz CT molecular complexity index is 1650. The number of aryl methyl sites for hydroxylation is 1. The summed E-state index contributed by atoms with van der Waals surface area (Å²) in [5.74, 6) is -1.91. The second-order valence-electron chi connectivity index (χ2n) is 9.19. The van der Waals surface area contributed by atoms with E-state index in [9.17, 15) is 31.2 Å². The minimum Gasteiger partial charge on any atom is -0.465 e. The summed E-state index contributed by atoms with van der Waals surface area (Å²) in [5.41, 5.74) is 1.85. The molecule has 0 radical (unpaired) electrons. The first-order valence-corrected chi connectivity index (χ1v) is 15.1. The second kappa shape index (κ2) is 11.3. The SMILES string of the molecule is COC(=O)c1ccc(N2C(=O)CC(N(CCc3ccc(S(N)(=O)=O)cc3)S(=O)(=O)c3ccc(C)cc3)C2=O)cc1. The van der Waals surface area contributed by atoms with Crippen molar-refractivity contribution in [1.82, 2.24) is 4.31 Å². The number of ether oxygens (including phenoxy) is 1. The number of methoxy groups -OCH3 is 1. The number of carbonyl (C=O) groups excluding carboxylic acids is 3. The van der Waals surface area contributed by atoms with Gasteiger partial charge in [-0.15, -0.1) is 0 Å². The number of rotatable bonds is 9. The molecule has 40 heavy (non-hydrogen) atoms. The smallest absolute Gasteiger partial charge is 0.337 e. The molecule has 0 saturated carbocycles. The summed E-state index contributed by atoms with van der Waals surface area (Å²) in [6.07, 6.45) is -0.255. The maximum Gasteiger partial charge on any atom is 0.337 e. The van der Waals surface area contributed by atoms with Crippen LogP contribution in [-0.4, -0.2) is 58.6 Å². The molecule has 1 aliphatic rings. The van der Waals surface area contributed by atoms with Crippen molar-refractivity contribution < 1.29 is 36.0 Å². The lowest BCUT2D eigenvalue weighted by Crippen LogP contribution is -2.46. The quantitative estimate of drug-likeness (QED) is 0.295. The number of nitrogens with zero attached hydrogens (tertiary/aromatic N) is 2. The molecule has 1 atom stereocenters. The van der Waals surface area contributed by atoms with E-state index in [1.165, 1.54) is 67.8 Å². The highest BCUT2D eigenvalue weighted by molar-refractivity contribution is 7.89. The Morgan fingerprint density at radius 3 is 2.05 bits per heavy atom. The van der Waals surface area contributed by atoms with E-state index in [1.54, 1.807) is 12.1 Å². The van der Waals surface area contributed by atoms with Gasteiger partial charge in [0.15, 0.2) is 0 Å². The number of esters is 1. The van der Waals surface area contributed by atoms with Crippen LogP contribution in [0.25, 0.3) is 0 Å². The fraction of sp³-hybridized carbons (Fsp3) is 0.222. The number of primary sulfonamides is 1. The van der Waals surface area contributed by atoms with E-state index in [0.717, 1.165) is 14.8 Å². The molecule has 0 spiro atoms. The molecule has 1 fully saturated rings. The maximum absolute atomic E-state index is 13.8. The predicted octanol–water partition coefficient (Wildman–Crippen LogP) is 1.99. The van der Waals surface area contributed by atoms with Gasteiger partial charge in [-0.05, 0) is 67.4 Å². The van der Waals surface area contributed by atoms with Crippen LogP contribution in [0.4, 0.5) is 5.69 Å². The van der Waals surface area contributed by atoms with Gasteiger partial charge >= 0.3 is 5.97 Å². The Morgan fingerprint density at radius 1 is 0.925 bits per heavy atom. The maximum atomic E-state index is 13.8. The van der Waals surface area contributed by atoms with E-state index >= 15 is 0 Å². The first-order valence-electron chi connectivity index (χ1n) is 12.1. The van der Waals surface area contributed by atoms with E-state index in [4.69, 9.17) is 5.14 Å². The Balaban J connectivity index is 1.66. The van der Waals surface area contributed by atoms with Crippen LogP contribution in [0.1, 0.15) is 27.9 Å². The minimum absolute atomic E-state index is 0.0381. The highest BCUT2D eigenvalue weighted by Gasteiger charge is 2.46. The van der Waals surface area contributed by atoms with Crippen LogP contribution in [0.15, 0.2) is 82.6 Å². The number of imide groups is 1. The molecule has 11 nitrogen and oxygen atoms in total. The Hall–Kier alpha value is -3.91.